The van der Waals surface area contributed by atoms with Crippen molar-refractivity contribution in [2.75, 3.05) is 24.5 Å². The molecule has 2 heterocycles. The topological polar surface area (TPSA) is 58.4 Å². The average molecular weight is 412 g/mol. The van der Waals surface area contributed by atoms with Gasteiger partial charge in [0.15, 0.2) is 16.8 Å². The van der Waals surface area contributed by atoms with Gasteiger partial charge in [-0.3, -0.25) is 4.79 Å². The van der Waals surface area contributed by atoms with Gasteiger partial charge >= 0.3 is 0 Å². The van der Waals surface area contributed by atoms with Gasteiger partial charge in [-0.15, -0.1) is 0 Å². The van der Waals surface area contributed by atoms with E-state index in [2.05, 4.69) is 22.3 Å². The van der Waals surface area contributed by atoms with Crippen LogP contribution in [0.25, 0.3) is 33.7 Å². The molecule has 0 atom stereocenters. The number of anilines is 1. The molecule has 2 aromatic rings. The summed E-state index contributed by atoms with van der Waals surface area (Å²) >= 11 is 0. The van der Waals surface area contributed by atoms with E-state index in [1.165, 1.54) is 18.5 Å². The second kappa shape index (κ2) is 6.66. The monoisotopic (exact) mass is 411 g/mol. The normalized spacial score (nSPS) is 17.5. The Bertz CT molecular complexity index is 1340. The molecule has 6 rings (SSSR count). The van der Waals surface area contributed by atoms with Gasteiger partial charge in [0.25, 0.3) is 0 Å². The van der Waals surface area contributed by atoms with E-state index in [9.17, 15) is 4.79 Å². The first-order valence-electron chi connectivity index (χ1n) is 11.0. The Morgan fingerprint density at radius 1 is 1.03 bits per heavy atom. The number of hydrogen-bond acceptors (Lipinski definition) is 5. The van der Waals surface area contributed by atoms with E-state index in [-0.39, 0.29) is 5.43 Å². The minimum atomic E-state index is 0.0117. The number of nitrogens with one attached hydrogen (secondary N) is 1. The molecule has 1 saturated heterocycles. The van der Waals surface area contributed by atoms with Gasteiger partial charge in [0, 0.05) is 36.4 Å². The Morgan fingerprint density at radius 3 is 2.58 bits per heavy atom. The number of aromatic nitrogens is 1. The largest absolute Gasteiger partial charge is 0.452 e. The zero-order valence-corrected chi connectivity index (χ0v) is 17.9. The second-order valence-electron chi connectivity index (χ2n) is 8.99. The lowest BCUT2D eigenvalue weighted by molar-refractivity contribution is 0.442. The predicted molar refractivity (Wildman–Crippen MR) is 124 cm³/mol. The van der Waals surface area contributed by atoms with Crippen molar-refractivity contribution in [1.82, 2.24) is 10.3 Å². The highest BCUT2D eigenvalue weighted by Gasteiger charge is 2.45. The first-order valence-corrected chi connectivity index (χ1v) is 11.0. The van der Waals surface area contributed by atoms with Gasteiger partial charge in [0.2, 0.25) is 0 Å². The summed E-state index contributed by atoms with van der Waals surface area (Å²) in [5, 5.41) is 3.66. The van der Waals surface area contributed by atoms with Crippen molar-refractivity contribution in [3.8, 4) is 22.6 Å². The molecule has 0 amide bonds. The third kappa shape index (κ3) is 2.95. The number of nitrogens with zero attached hydrogens (tertiary/aromatic N) is 2. The van der Waals surface area contributed by atoms with E-state index in [1.807, 2.05) is 50.2 Å². The Kier molecular flexibility index (Phi) is 3.99. The number of benzene rings is 3. The van der Waals surface area contributed by atoms with Crippen LogP contribution in [0, 0.1) is 13.8 Å². The molecule has 5 heteroatoms. The maximum atomic E-state index is 13.3. The van der Waals surface area contributed by atoms with Gasteiger partial charge in [-0.1, -0.05) is 24.3 Å². The second-order valence-corrected chi connectivity index (χ2v) is 8.99. The van der Waals surface area contributed by atoms with Gasteiger partial charge in [0.05, 0.1) is 5.56 Å². The van der Waals surface area contributed by atoms with Gasteiger partial charge in [-0.2, -0.15) is 0 Å². The van der Waals surface area contributed by atoms with E-state index in [0.29, 0.717) is 22.4 Å². The van der Waals surface area contributed by atoms with Crippen LogP contribution in [0.3, 0.4) is 0 Å². The van der Waals surface area contributed by atoms with Gasteiger partial charge in [-0.05, 0) is 62.1 Å². The van der Waals surface area contributed by atoms with Crippen LogP contribution in [-0.2, 0) is 0 Å². The van der Waals surface area contributed by atoms with Gasteiger partial charge < -0.3 is 14.6 Å². The molecule has 156 valence electrons. The SMILES string of the molecule is Cc1c2nc3ccccc3oc-2c(-c2ccc(N3CCNC4(CC4)C3)cc2)c(=O)c1C. The standard InChI is InChI=1S/C26H25N3O2/c1-16-17(2)24(30)22(25-23(16)28-20-5-3-4-6-21(20)31-25)18-7-9-19(10-8-18)29-14-13-27-26(15-29)11-12-26/h3-10,27H,11-15H2,1-2H3. The van der Waals surface area contributed by atoms with Crippen molar-refractivity contribution >= 4 is 16.8 Å². The first-order chi connectivity index (χ1) is 15.0. The molecule has 0 aromatic heterocycles. The van der Waals surface area contributed by atoms with Gasteiger partial charge in [-0.25, -0.2) is 4.98 Å². The fraction of sp³-hybridized carbons (Fsp3) is 0.308. The van der Waals surface area contributed by atoms with Crippen LogP contribution < -0.4 is 15.6 Å². The molecule has 31 heavy (non-hydrogen) atoms. The number of rotatable bonds is 2. The minimum absolute atomic E-state index is 0.0117. The Hall–Kier alpha value is -3.18. The summed E-state index contributed by atoms with van der Waals surface area (Å²) in [7, 11) is 0. The number of hydrogen-bond donors (Lipinski definition) is 1. The van der Waals surface area contributed by atoms with E-state index < -0.39 is 0 Å². The van der Waals surface area contributed by atoms with E-state index in [0.717, 1.165) is 47.5 Å². The van der Waals surface area contributed by atoms with Crippen molar-refractivity contribution in [2.45, 2.75) is 32.2 Å². The summed E-state index contributed by atoms with van der Waals surface area (Å²) in [5.41, 5.74) is 6.86. The molecule has 2 aliphatic heterocycles. The Morgan fingerprint density at radius 2 is 1.81 bits per heavy atom. The summed E-state index contributed by atoms with van der Waals surface area (Å²) in [6.45, 7) is 6.90. The highest BCUT2D eigenvalue weighted by atomic mass is 16.3. The molecule has 1 spiro atoms. The van der Waals surface area contributed by atoms with Crippen LogP contribution in [0.4, 0.5) is 5.69 Å². The molecule has 0 bridgehead atoms. The summed E-state index contributed by atoms with van der Waals surface area (Å²) in [5.74, 6) is 0.568. The zero-order valence-electron chi connectivity index (χ0n) is 17.9. The fourth-order valence-electron chi connectivity index (χ4n) is 4.79. The fourth-order valence-corrected chi connectivity index (χ4v) is 4.79. The number of piperazine rings is 1. The third-order valence-electron chi connectivity index (χ3n) is 6.99. The van der Waals surface area contributed by atoms with Crippen molar-refractivity contribution in [3.05, 3.63) is 69.9 Å². The van der Waals surface area contributed by atoms with Crippen LogP contribution in [0.15, 0.2) is 57.7 Å². The minimum Gasteiger partial charge on any atom is -0.452 e. The van der Waals surface area contributed by atoms with E-state index in [1.54, 1.807) is 0 Å². The third-order valence-corrected chi connectivity index (χ3v) is 6.99. The molecule has 1 N–H and O–H groups in total. The lowest BCUT2D eigenvalue weighted by Crippen LogP contribution is -2.52. The summed E-state index contributed by atoms with van der Waals surface area (Å²) in [6, 6.07) is 16.1. The lowest BCUT2D eigenvalue weighted by atomic mass is 9.93. The Balaban J connectivity index is 1.48. The molecule has 2 fully saturated rings. The maximum absolute atomic E-state index is 13.3. The molecular weight excluding hydrogens is 386 g/mol. The zero-order chi connectivity index (χ0) is 21.2. The summed E-state index contributed by atoms with van der Waals surface area (Å²) in [6.07, 6.45) is 2.52. The highest BCUT2D eigenvalue weighted by molar-refractivity contribution is 5.86. The van der Waals surface area contributed by atoms with Gasteiger partial charge in [0.1, 0.15) is 11.2 Å². The molecule has 1 saturated carbocycles. The highest BCUT2D eigenvalue weighted by Crippen LogP contribution is 2.40. The summed E-state index contributed by atoms with van der Waals surface area (Å²) in [4.78, 5) is 20.6. The van der Waals surface area contributed by atoms with Crippen molar-refractivity contribution < 1.29 is 4.42 Å². The lowest BCUT2D eigenvalue weighted by Gasteiger charge is -2.35. The number of fused-ring (bicyclic) bond motifs is 2. The molecule has 0 unspecified atom stereocenters. The maximum Gasteiger partial charge on any atom is 0.193 e. The van der Waals surface area contributed by atoms with Crippen LogP contribution in [-0.4, -0.2) is 30.2 Å². The van der Waals surface area contributed by atoms with Crippen molar-refractivity contribution in [1.29, 1.82) is 0 Å². The molecule has 0 radical (unpaired) electrons. The quantitative estimate of drug-likeness (QED) is 0.492. The first kappa shape index (κ1) is 18.6. The molecule has 2 aliphatic carbocycles. The van der Waals surface area contributed by atoms with Crippen LogP contribution in [0.1, 0.15) is 24.0 Å². The molecule has 5 nitrogen and oxygen atoms in total. The predicted octanol–water partition coefficient (Wildman–Crippen LogP) is 4.52. The molecular formula is C26H25N3O2. The number of para-hydroxylation sites is 2. The Labute approximate surface area is 181 Å². The molecule has 4 aliphatic rings. The van der Waals surface area contributed by atoms with E-state index >= 15 is 0 Å². The average Bonchev–Trinajstić information content (AvgIpc) is 3.55. The van der Waals surface area contributed by atoms with E-state index in [4.69, 9.17) is 9.40 Å². The van der Waals surface area contributed by atoms with Crippen molar-refractivity contribution in [2.24, 2.45) is 0 Å². The van der Waals surface area contributed by atoms with Crippen LogP contribution >= 0.6 is 0 Å². The van der Waals surface area contributed by atoms with Crippen molar-refractivity contribution in [3.63, 3.8) is 0 Å². The molecule has 2 aromatic carbocycles. The van der Waals surface area contributed by atoms with Crippen LogP contribution in [0.2, 0.25) is 0 Å². The summed E-state index contributed by atoms with van der Waals surface area (Å²) < 4.78 is 6.25. The van der Waals surface area contributed by atoms with Crippen LogP contribution in [0.5, 0.6) is 0 Å². The smallest absolute Gasteiger partial charge is 0.193 e.